The smallest absolute Gasteiger partial charge is 0.167 e. The highest BCUT2D eigenvalue weighted by Gasteiger charge is 2.57. The highest BCUT2D eigenvalue weighted by Crippen LogP contribution is 2.62. The Bertz CT molecular complexity index is 1360. The predicted octanol–water partition coefficient (Wildman–Crippen LogP) is 6.23. The number of nitrogens with zero attached hydrogens (tertiary/aromatic N) is 1. The third-order valence-corrected chi connectivity index (χ3v) is 8.15. The fraction of sp³-hybridized carbons (Fsp3) is 0.194. The van der Waals surface area contributed by atoms with E-state index in [1.165, 1.54) is 22.5 Å². The molecule has 2 atom stereocenters. The van der Waals surface area contributed by atoms with Gasteiger partial charge in [-0.05, 0) is 59.8 Å². The second kappa shape index (κ2) is 7.41. The van der Waals surface area contributed by atoms with Crippen molar-refractivity contribution >= 4 is 22.8 Å². The Labute approximate surface area is 200 Å². The molecule has 1 saturated heterocycles. The molecule has 0 aromatic heterocycles. The molecule has 7 rings (SSSR count). The largest absolute Gasteiger partial charge is 0.316 e. The monoisotopic (exact) mass is 442 g/mol. The summed E-state index contributed by atoms with van der Waals surface area (Å²) in [5, 5.41) is 3.52. The molecule has 0 saturated carbocycles. The third kappa shape index (κ3) is 2.48. The summed E-state index contributed by atoms with van der Waals surface area (Å²) in [4.78, 5) is 16.1. The van der Waals surface area contributed by atoms with Crippen LogP contribution >= 0.6 is 0 Å². The Morgan fingerprint density at radius 3 is 2.00 bits per heavy atom. The number of hydrogen-bond donors (Lipinski definition) is 1. The van der Waals surface area contributed by atoms with Gasteiger partial charge in [0, 0.05) is 23.7 Å². The molecule has 0 radical (unpaired) electrons. The second-order valence-electron chi connectivity index (χ2n) is 9.63. The molecule has 4 aromatic rings. The highest BCUT2D eigenvalue weighted by molar-refractivity contribution is 6.03. The van der Waals surface area contributed by atoms with Gasteiger partial charge in [0.1, 0.15) is 0 Å². The summed E-state index contributed by atoms with van der Waals surface area (Å²) < 4.78 is 0. The summed E-state index contributed by atoms with van der Waals surface area (Å²) in [5.41, 5.74) is 7.84. The van der Waals surface area contributed by atoms with Crippen molar-refractivity contribution in [2.75, 3.05) is 18.0 Å². The Balaban J connectivity index is 1.63. The highest BCUT2D eigenvalue weighted by atomic mass is 16.1. The maximum Gasteiger partial charge on any atom is 0.167 e. The van der Waals surface area contributed by atoms with Crippen molar-refractivity contribution in [1.82, 2.24) is 5.32 Å². The van der Waals surface area contributed by atoms with E-state index in [1.807, 2.05) is 12.1 Å². The Hall–Kier alpha value is -3.69. The maximum absolute atomic E-state index is 13.7. The van der Waals surface area contributed by atoms with Crippen LogP contribution in [0.1, 0.15) is 33.5 Å². The molecule has 0 bridgehead atoms. The minimum atomic E-state index is -0.365. The second-order valence-corrected chi connectivity index (χ2v) is 9.63. The van der Waals surface area contributed by atoms with Crippen LogP contribution in [0.4, 0.5) is 17.1 Å². The molecular formula is C31H26N2O. The van der Waals surface area contributed by atoms with Crippen LogP contribution in [0.15, 0.2) is 103 Å². The molecular weight excluding hydrogens is 416 g/mol. The third-order valence-electron chi connectivity index (χ3n) is 8.15. The fourth-order valence-corrected chi connectivity index (χ4v) is 6.92. The summed E-state index contributed by atoms with van der Waals surface area (Å²) >= 11 is 0. The van der Waals surface area contributed by atoms with Crippen LogP contribution in [0.5, 0.6) is 0 Å². The van der Waals surface area contributed by atoms with Crippen LogP contribution in [-0.4, -0.2) is 18.9 Å². The number of hydrogen-bond acceptors (Lipinski definition) is 3. The SMILES string of the molecule is O=C1c2ccccc2C2(c3ccccc3N(c3ccccc3)c3ccccc32)C2CCNCC12. The number of carbonyl (C=O) groups is 1. The van der Waals surface area contributed by atoms with Gasteiger partial charge in [-0.3, -0.25) is 4.79 Å². The minimum absolute atomic E-state index is 0.0342. The van der Waals surface area contributed by atoms with E-state index >= 15 is 0 Å². The van der Waals surface area contributed by atoms with Gasteiger partial charge in [0.25, 0.3) is 0 Å². The van der Waals surface area contributed by atoms with E-state index in [0.717, 1.165) is 36.3 Å². The van der Waals surface area contributed by atoms with Gasteiger partial charge in [0.05, 0.1) is 16.8 Å². The lowest BCUT2D eigenvalue weighted by Crippen LogP contribution is -2.56. The topological polar surface area (TPSA) is 32.3 Å². The van der Waals surface area contributed by atoms with E-state index in [9.17, 15) is 4.79 Å². The van der Waals surface area contributed by atoms with Crippen molar-refractivity contribution < 1.29 is 4.79 Å². The van der Waals surface area contributed by atoms with Gasteiger partial charge in [0.2, 0.25) is 0 Å². The molecule has 3 nitrogen and oxygen atoms in total. The number of benzene rings is 4. The van der Waals surface area contributed by atoms with Gasteiger partial charge < -0.3 is 10.2 Å². The Morgan fingerprint density at radius 1 is 0.706 bits per heavy atom. The van der Waals surface area contributed by atoms with Gasteiger partial charge in [-0.2, -0.15) is 0 Å². The van der Waals surface area contributed by atoms with Crippen LogP contribution in [0.25, 0.3) is 0 Å². The van der Waals surface area contributed by atoms with E-state index in [-0.39, 0.29) is 17.3 Å². The summed E-state index contributed by atoms with van der Waals surface area (Å²) in [6.45, 7) is 1.68. The van der Waals surface area contributed by atoms with E-state index in [0.29, 0.717) is 5.78 Å². The standard InChI is InChI=1S/C31H26N2O/c34-30-22-12-4-5-13-24(22)31(25-18-19-32-20-23(25)30)26-14-6-8-16-28(26)33(21-10-2-1-3-11-21)29-17-9-7-15-27(29)31/h1-17,23,25,32H,18-20H2. The number of anilines is 3. The van der Waals surface area contributed by atoms with Gasteiger partial charge in [-0.25, -0.2) is 0 Å². The average molecular weight is 443 g/mol. The lowest BCUT2D eigenvalue weighted by atomic mass is 9.50. The minimum Gasteiger partial charge on any atom is -0.316 e. The number of para-hydroxylation sites is 3. The lowest BCUT2D eigenvalue weighted by molar-refractivity contribution is 0.0754. The van der Waals surface area contributed by atoms with Crippen LogP contribution in [0, 0.1) is 11.8 Å². The Morgan fingerprint density at radius 2 is 1.29 bits per heavy atom. The summed E-state index contributed by atoms with van der Waals surface area (Å²) in [6.07, 6.45) is 0.971. The first-order valence-electron chi connectivity index (χ1n) is 12.2. The molecule has 3 heteroatoms. The molecule has 1 spiro atoms. The van der Waals surface area contributed by atoms with E-state index in [4.69, 9.17) is 0 Å². The zero-order chi connectivity index (χ0) is 22.7. The molecule has 3 aliphatic rings. The Kier molecular flexibility index (Phi) is 4.30. The van der Waals surface area contributed by atoms with Gasteiger partial charge in [-0.1, -0.05) is 78.9 Å². The normalized spacial score (nSPS) is 21.9. The number of Topliss-reactive ketones (excluding diaryl/α,β-unsaturated/α-hetero) is 1. The molecule has 2 aliphatic heterocycles. The number of fused-ring (bicyclic) bond motifs is 8. The quantitative estimate of drug-likeness (QED) is 0.379. The molecule has 4 aromatic carbocycles. The van der Waals surface area contributed by atoms with Crippen molar-refractivity contribution in [1.29, 1.82) is 0 Å². The summed E-state index contributed by atoms with van der Waals surface area (Å²) in [5.74, 6) is 0.461. The molecule has 2 heterocycles. The molecule has 166 valence electrons. The van der Waals surface area contributed by atoms with E-state index in [1.54, 1.807) is 0 Å². The van der Waals surface area contributed by atoms with Gasteiger partial charge >= 0.3 is 0 Å². The van der Waals surface area contributed by atoms with E-state index in [2.05, 4.69) is 101 Å². The van der Waals surface area contributed by atoms with Gasteiger partial charge in [0.15, 0.2) is 5.78 Å². The first kappa shape index (κ1) is 19.7. The first-order chi connectivity index (χ1) is 16.8. The van der Waals surface area contributed by atoms with Crippen LogP contribution in [0.2, 0.25) is 0 Å². The van der Waals surface area contributed by atoms with Crippen molar-refractivity contribution in [3.63, 3.8) is 0 Å². The zero-order valence-corrected chi connectivity index (χ0v) is 18.9. The molecule has 34 heavy (non-hydrogen) atoms. The number of rotatable bonds is 1. The van der Waals surface area contributed by atoms with Crippen LogP contribution in [0.3, 0.4) is 0 Å². The number of piperidine rings is 1. The molecule has 1 fully saturated rings. The number of ketones is 1. The molecule has 1 N–H and O–H groups in total. The van der Waals surface area contributed by atoms with Crippen LogP contribution in [-0.2, 0) is 5.41 Å². The van der Waals surface area contributed by atoms with E-state index < -0.39 is 0 Å². The van der Waals surface area contributed by atoms with Crippen LogP contribution < -0.4 is 10.2 Å². The first-order valence-corrected chi connectivity index (χ1v) is 12.2. The zero-order valence-electron chi connectivity index (χ0n) is 18.9. The van der Waals surface area contributed by atoms with Gasteiger partial charge in [-0.15, -0.1) is 0 Å². The predicted molar refractivity (Wildman–Crippen MR) is 136 cm³/mol. The maximum atomic E-state index is 13.7. The van der Waals surface area contributed by atoms with Crippen molar-refractivity contribution in [2.24, 2.45) is 11.8 Å². The van der Waals surface area contributed by atoms with Crippen molar-refractivity contribution in [3.05, 3.63) is 125 Å². The number of nitrogens with one attached hydrogen (secondary N) is 1. The lowest BCUT2D eigenvalue weighted by Gasteiger charge is -2.55. The fourth-order valence-electron chi connectivity index (χ4n) is 6.92. The molecule has 0 amide bonds. The number of carbonyl (C=O) groups excluding carboxylic acids is 1. The molecule has 1 aliphatic carbocycles. The average Bonchev–Trinajstić information content (AvgIpc) is 2.91. The van der Waals surface area contributed by atoms with Crippen molar-refractivity contribution in [3.8, 4) is 0 Å². The molecule has 2 unspecified atom stereocenters. The summed E-state index contributed by atoms with van der Waals surface area (Å²) in [6, 6.07) is 36.7. The van der Waals surface area contributed by atoms with Crippen molar-refractivity contribution in [2.45, 2.75) is 11.8 Å². The summed E-state index contributed by atoms with van der Waals surface area (Å²) in [7, 11) is 0.